The molecule has 1 unspecified atom stereocenters. The van der Waals surface area contributed by atoms with Crippen LogP contribution in [0.1, 0.15) is 39.5 Å². The summed E-state index contributed by atoms with van der Waals surface area (Å²) in [5.74, 6) is 0.440. The third kappa shape index (κ3) is 2.71. The van der Waals surface area contributed by atoms with Crippen LogP contribution in [0.15, 0.2) is 0 Å². The van der Waals surface area contributed by atoms with Gasteiger partial charge in [0.25, 0.3) is 0 Å². The molecule has 1 aliphatic rings. The van der Waals surface area contributed by atoms with Crippen molar-refractivity contribution in [2.75, 3.05) is 13.1 Å². The van der Waals surface area contributed by atoms with E-state index in [0.29, 0.717) is 5.92 Å². The van der Waals surface area contributed by atoms with E-state index in [2.05, 4.69) is 19.2 Å². The van der Waals surface area contributed by atoms with Gasteiger partial charge in [-0.3, -0.25) is 4.79 Å². The van der Waals surface area contributed by atoms with Crippen LogP contribution < -0.4 is 11.1 Å². The first-order valence-corrected chi connectivity index (χ1v) is 5.57. The number of rotatable bonds is 3. The molecule has 0 saturated carbocycles. The van der Waals surface area contributed by atoms with E-state index in [1.165, 1.54) is 0 Å². The van der Waals surface area contributed by atoms with E-state index in [0.717, 1.165) is 38.8 Å². The van der Waals surface area contributed by atoms with Gasteiger partial charge in [-0.25, -0.2) is 0 Å². The minimum absolute atomic E-state index is 0.102. The third-order valence-corrected chi connectivity index (χ3v) is 3.11. The topological polar surface area (TPSA) is 55.1 Å². The van der Waals surface area contributed by atoms with E-state index in [4.69, 9.17) is 5.73 Å². The zero-order chi connectivity index (χ0) is 10.6. The number of primary amides is 1. The van der Waals surface area contributed by atoms with Crippen molar-refractivity contribution >= 4 is 5.91 Å². The van der Waals surface area contributed by atoms with Crippen molar-refractivity contribution in [3.63, 3.8) is 0 Å². The first kappa shape index (κ1) is 11.5. The second-order valence-corrected chi connectivity index (χ2v) is 4.85. The van der Waals surface area contributed by atoms with Crippen LogP contribution in [0.5, 0.6) is 0 Å². The minimum Gasteiger partial charge on any atom is -0.369 e. The second-order valence-electron chi connectivity index (χ2n) is 4.85. The molecule has 3 heteroatoms. The summed E-state index contributed by atoms with van der Waals surface area (Å²) >= 11 is 0. The van der Waals surface area contributed by atoms with E-state index in [1.807, 2.05) is 0 Å². The van der Waals surface area contributed by atoms with Crippen LogP contribution in [0.4, 0.5) is 0 Å². The molecule has 0 aromatic rings. The minimum atomic E-state index is -0.238. The highest BCUT2D eigenvalue weighted by Gasteiger charge is 2.37. The molecule has 0 aliphatic carbocycles. The Morgan fingerprint density at radius 3 is 2.71 bits per heavy atom. The lowest BCUT2D eigenvalue weighted by Crippen LogP contribution is -2.39. The summed E-state index contributed by atoms with van der Waals surface area (Å²) in [4.78, 5) is 11.6. The Bertz CT molecular complexity index is 193. The Morgan fingerprint density at radius 2 is 2.14 bits per heavy atom. The van der Waals surface area contributed by atoms with Gasteiger partial charge in [-0.15, -0.1) is 0 Å². The zero-order valence-electron chi connectivity index (χ0n) is 9.31. The zero-order valence-corrected chi connectivity index (χ0v) is 9.31. The lowest BCUT2D eigenvalue weighted by Gasteiger charge is -2.30. The van der Waals surface area contributed by atoms with Crippen LogP contribution in [-0.2, 0) is 4.79 Å². The molecule has 1 rings (SSSR count). The van der Waals surface area contributed by atoms with E-state index in [9.17, 15) is 4.79 Å². The average Bonchev–Trinajstić information content (AvgIpc) is 2.29. The third-order valence-electron chi connectivity index (χ3n) is 3.11. The van der Waals surface area contributed by atoms with Gasteiger partial charge < -0.3 is 11.1 Å². The van der Waals surface area contributed by atoms with Gasteiger partial charge in [-0.05, 0) is 44.7 Å². The summed E-state index contributed by atoms with van der Waals surface area (Å²) in [6.45, 7) is 6.26. The molecule has 14 heavy (non-hydrogen) atoms. The Hall–Kier alpha value is -0.570. The Kier molecular flexibility index (Phi) is 3.93. The lowest BCUT2D eigenvalue weighted by molar-refractivity contribution is -0.129. The van der Waals surface area contributed by atoms with Crippen molar-refractivity contribution < 1.29 is 4.79 Å². The summed E-state index contributed by atoms with van der Waals surface area (Å²) < 4.78 is 0. The number of hydrogen-bond donors (Lipinski definition) is 2. The maximum absolute atomic E-state index is 11.6. The molecule has 3 N–H and O–H groups in total. The number of carbonyl (C=O) groups excluding carboxylic acids is 1. The van der Waals surface area contributed by atoms with Gasteiger partial charge in [0, 0.05) is 0 Å². The standard InChI is InChI=1S/C11H22N2O/c1-9(2)8-11(10(12)14)4-3-6-13-7-5-11/h9,13H,3-8H2,1-2H3,(H2,12,14). The normalized spacial score (nSPS) is 28.8. The lowest BCUT2D eigenvalue weighted by atomic mass is 9.74. The molecular weight excluding hydrogens is 176 g/mol. The van der Waals surface area contributed by atoms with Crippen molar-refractivity contribution in [1.29, 1.82) is 0 Å². The fourth-order valence-electron chi connectivity index (χ4n) is 2.46. The van der Waals surface area contributed by atoms with Gasteiger partial charge >= 0.3 is 0 Å². The maximum Gasteiger partial charge on any atom is 0.223 e. The largest absolute Gasteiger partial charge is 0.369 e. The van der Waals surface area contributed by atoms with E-state index in [-0.39, 0.29) is 11.3 Å². The van der Waals surface area contributed by atoms with Gasteiger partial charge in [0.1, 0.15) is 0 Å². The van der Waals surface area contributed by atoms with Gasteiger partial charge in [0.05, 0.1) is 5.41 Å². The number of nitrogens with two attached hydrogens (primary N) is 1. The predicted molar refractivity (Wildman–Crippen MR) is 57.8 cm³/mol. The van der Waals surface area contributed by atoms with Crippen molar-refractivity contribution in [2.45, 2.75) is 39.5 Å². The molecule has 3 nitrogen and oxygen atoms in total. The number of nitrogens with one attached hydrogen (secondary N) is 1. The Morgan fingerprint density at radius 1 is 1.43 bits per heavy atom. The maximum atomic E-state index is 11.6. The molecule has 0 aromatic heterocycles. The summed E-state index contributed by atoms with van der Waals surface area (Å²) in [7, 11) is 0. The van der Waals surface area contributed by atoms with Crippen molar-refractivity contribution in [2.24, 2.45) is 17.1 Å². The van der Waals surface area contributed by atoms with Gasteiger partial charge in [-0.1, -0.05) is 13.8 Å². The van der Waals surface area contributed by atoms with Crippen LogP contribution in [0, 0.1) is 11.3 Å². The molecule has 0 aromatic carbocycles. The molecule has 0 bridgehead atoms. The molecule has 82 valence electrons. The van der Waals surface area contributed by atoms with Crippen molar-refractivity contribution in [3.8, 4) is 0 Å². The second kappa shape index (κ2) is 4.78. The average molecular weight is 198 g/mol. The fraction of sp³-hybridized carbons (Fsp3) is 0.909. The van der Waals surface area contributed by atoms with Gasteiger partial charge in [-0.2, -0.15) is 0 Å². The van der Waals surface area contributed by atoms with Crippen LogP contribution in [-0.4, -0.2) is 19.0 Å². The Labute approximate surface area is 86.4 Å². The van der Waals surface area contributed by atoms with Crippen LogP contribution in [0.25, 0.3) is 0 Å². The highest BCUT2D eigenvalue weighted by atomic mass is 16.1. The molecule has 0 spiro atoms. The molecule has 1 amide bonds. The molecule has 1 heterocycles. The van der Waals surface area contributed by atoms with Crippen LogP contribution in [0.3, 0.4) is 0 Å². The molecule has 1 aliphatic heterocycles. The van der Waals surface area contributed by atoms with Gasteiger partial charge in [0.2, 0.25) is 5.91 Å². The Balaban J connectivity index is 2.72. The van der Waals surface area contributed by atoms with Crippen molar-refractivity contribution in [1.82, 2.24) is 5.32 Å². The molecular formula is C11H22N2O. The number of hydrogen-bond acceptors (Lipinski definition) is 2. The molecule has 1 saturated heterocycles. The highest BCUT2D eigenvalue weighted by Crippen LogP contribution is 2.35. The first-order chi connectivity index (χ1) is 6.57. The molecule has 1 atom stereocenters. The van der Waals surface area contributed by atoms with Crippen LogP contribution in [0.2, 0.25) is 0 Å². The summed E-state index contributed by atoms with van der Waals surface area (Å²) in [6.07, 6.45) is 3.85. The predicted octanol–water partition coefficient (Wildman–Crippen LogP) is 1.28. The number of amides is 1. The van der Waals surface area contributed by atoms with Gasteiger partial charge in [0.15, 0.2) is 0 Å². The smallest absolute Gasteiger partial charge is 0.223 e. The van der Waals surface area contributed by atoms with Crippen LogP contribution >= 0.6 is 0 Å². The number of carbonyl (C=O) groups is 1. The quantitative estimate of drug-likeness (QED) is 0.717. The monoisotopic (exact) mass is 198 g/mol. The SMILES string of the molecule is CC(C)CC1(C(N)=O)CCCNCC1. The summed E-state index contributed by atoms with van der Waals surface area (Å²) in [5.41, 5.74) is 5.31. The highest BCUT2D eigenvalue weighted by molar-refractivity contribution is 5.80. The molecule has 0 radical (unpaired) electrons. The van der Waals surface area contributed by atoms with E-state index >= 15 is 0 Å². The van der Waals surface area contributed by atoms with E-state index < -0.39 is 0 Å². The van der Waals surface area contributed by atoms with Crippen molar-refractivity contribution in [3.05, 3.63) is 0 Å². The first-order valence-electron chi connectivity index (χ1n) is 5.57. The summed E-state index contributed by atoms with van der Waals surface area (Å²) in [6, 6.07) is 0. The fourth-order valence-corrected chi connectivity index (χ4v) is 2.46. The molecule has 1 fully saturated rings. The van der Waals surface area contributed by atoms with E-state index in [1.54, 1.807) is 0 Å². The summed E-state index contributed by atoms with van der Waals surface area (Å²) in [5, 5.41) is 3.32.